The molecule has 1 aliphatic heterocycles. The topological polar surface area (TPSA) is 75.7 Å². The van der Waals surface area contributed by atoms with Crippen molar-refractivity contribution < 1.29 is 26.7 Å². The zero-order valence-electron chi connectivity index (χ0n) is 17.2. The van der Waals surface area contributed by atoms with Crippen molar-refractivity contribution in [1.82, 2.24) is 0 Å². The Morgan fingerprint density at radius 3 is 2.53 bits per heavy atom. The highest BCUT2D eigenvalue weighted by Crippen LogP contribution is 2.39. The van der Waals surface area contributed by atoms with Gasteiger partial charge in [-0.2, -0.15) is 0 Å². The van der Waals surface area contributed by atoms with Crippen LogP contribution in [0.15, 0.2) is 41.3 Å². The van der Waals surface area contributed by atoms with E-state index in [1.807, 2.05) is 13.8 Å². The summed E-state index contributed by atoms with van der Waals surface area (Å²) in [6.07, 6.45) is 0. The van der Waals surface area contributed by atoms with Crippen LogP contribution in [0.25, 0.3) is 0 Å². The molecule has 1 N–H and O–H groups in total. The number of benzene rings is 2. The van der Waals surface area contributed by atoms with Crippen molar-refractivity contribution in [2.24, 2.45) is 11.3 Å². The summed E-state index contributed by atoms with van der Waals surface area (Å²) < 4.78 is 60.7. The third-order valence-corrected chi connectivity index (χ3v) is 6.04. The van der Waals surface area contributed by atoms with E-state index in [2.05, 4.69) is 4.72 Å². The first-order chi connectivity index (χ1) is 13.9. The Morgan fingerprint density at radius 2 is 1.87 bits per heavy atom. The van der Waals surface area contributed by atoms with Gasteiger partial charge in [0.2, 0.25) is 5.91 Å². The van der Waals surface area contributed by atoms with Crippen LogP contribution < -0.4 is 14.4 Å². The Kier molecular flexibility index (Phi) is 5.77. The summed E-state index contributed by atoms with van der Waals surface area (Å²) in [5.41, 5.74) is -0.250. The van der Waals surface area contributed by atoms with E-state index < -0.39 is 32.0 Å². The number of carbonyl (C=O) groups excluding carboxylic acids is 1. The van der Waals surface area contributed by atoms with Crippen LogP contribution in [-0.4, -0.2) is 27.5 Å². The third kappa shape index (κ3) is 4.40. The number of hydrogen-bond donors (Lipinski definition) is 1. The normalized spacial score (nSPS) is 16.1. The molecule has 0 saturated heterocycles. The van der Waals surface area contributed by atoms with E-state index in [9.17, 15) is 22.0 Å². The van der Waals surface area contributed by atoms with E-state index in [0.29, 0.717) is 24.0 Å². The van der Waals surface area contributed by atoms with Gasteiger partial charge in [-0.3, -0.25) is 9.52 Å². The number of hydrogen-bond acceptors (Lipinski definition) is 4. The summed E-state index contributed by atoms with van der Waals surface area (Å²) in [7, 11) is -4.39. The standard InChI is InChI=1S/C21H24F2N2O4S/c1-13(2)11-25-17-10-15(6-8-18(17)29-12-21(3,4)20(25)26)24-30(27,28)19-9-14(22)5-7-16(19)23/h5-10,13,24H,11-12H2,1-4H3. The van der Waals surface area contributed by atoms with Crippen LogP contribution in [-0.2, 0) is 14.8 Å². The molecule has 162 valence electrons. The monoisotopic (exact) mass is 438 g/mol. The van der Waals surface area contributed by atoms with Crippen LogP contribution in [0.4, 0.5) is 20.2 Å². The van der Waals surface area contributed by atoms with Crippen LogP contribution >= 0.6 is 0 Å². The summed E-state index contributed by atoms with van der Waals surface area (Å²) in [4.78, 5) is 13.9. The summed E-state index contributed by atoms with van der Waals surface area (Å²) in [5.74, 6) is -1.50. The summed E-state index contributed by atoms with van der Waals surface area (Å²) in [6.45, 7) is 8.08. The second kappa shape index (κ2) is 7.86. The van der Waals surface area contributed by atoms with E-state index in [1.165, 1.54) is 12.1 Å². The molecule has 0 aromatic heterocycles. The molecule has 0 fully saturated rings. The Morgan fingerprint density at radius 1 is 1.17 bits per heavy atom. The number of nitrogens with one attached hydrogen (secondary N) is 1. The fourth-order valence-electron chi connectivity index (χ4n) is 3.15. The van der Waals surface area contributed by atoms with Crippen molar-refractivity contribution in [2.75, 3.05) is 22.8 Å². The molecular weight excluding hydrogens is 414 g/mol. The minimum Gasteiger partial charge on any atom is -0.490 e. The quantitative estimate of drug-likeness (QED) is 0.760. The van der Waals surface area contributed by atoms with Crippen molar-refractivity contribution in [3.05, 3.63) is 48.0 Å². The second-order valence-electron chi connectivity index (χ2n) is 8.34. The molecule has 6 nitrogen and oxygen atoms in total. The molecule has 0 radical (unpaired) electrons. The highest BCUT2D eigenvalue weighted by Gasteiger charge is 2.38. The van der Waals surface area contributed by atoms with Gasteiger partial charge in [-0.15, -0.1) is 0 Å². The number of rotatable bonds is 5. The zero-order valence-corrected chi connectivity index (χ0v) is 18.0. The number of halogens is 2. The average Bonchev–Trinajstić information content (AvgIpc) is 2.73. The van der Waals surface area contributed by atoms with Gasteiger partial charge >= 0.3 is 0 Å². The van der Waals surface area contributed by atoms with Gasteiger partial charge in [0.05, 0.1) is 16.8 Å². The molecule has 1 amide bonds. The number of amides is 1. The van der Waals surface area contributed by atoms with Gasteiger partial charge in [-0.05, 0) is 56.2 Å². The lowest BCUT2D eigenvalue weighted by molar-refractivity contribution is -0.127. The van der Waals surface area contributed by atoms with E-state index in [0.717, 1.165) is 12.1 Å². The third-order valence-electron chi connectivity index (χ3n) is 4.65. The van der Waals surface area contributed by atoms with Crippen molar-refractivity contribution in [3.8, 4) is 5.75 Å². The average molecular weight is 438 g/mol. The van der Waals surface area contributed by atoms with Gasteiger partial charge in [0, 0.05) is 6.54 Å². The maximum absolute atomic E-state index is 14.0. The van der Waals surface area contributed by atoms with Crippen molar-refractivity contribution in [1.29, 1.82) is 0 Å². The Bertz CT molecular complexity index is 1080. The van der Waals surface area contributed by atoms with Gasteiger partial charge in [-0.1, -0.05) is 13.8 Å². The number of nitrogens with zero attached hydrogens (tertiary/aromatic N) is 1. The molecule has 1 heterocycles. The predicted octanol–water partition coefficient (Wildman–Crippen LogP) is 4.17. The van der Waals surface area contributed by atoms with Crippen molar-refractivity contribution >= 4 is 27.3 Å². The maximum atomic E-state index is 14.0. The minimum absolute atomic E-state index is 0.0993. The van der Waals surface area contributed by atoms with Gasteiger partial charge in [0.1, 0.15) is 28.9 Å². The molecular formula is C21H24F2N2O4S. The van der Waals surface area contributed by atoms with Gasteiger partial charge in [0.15, 0.2) is 0 Å². The number of carbonyl (C=O) groups is 1. The Labute approximate surface area is 174 Å². The predicted molar refractivity (Wildman–Crippen MR) is 110 cm³/mol. The van der Waals surface area contributed by atoms with Crippen molar-refractivity contribution in [3.63, 3.8) is 0 Å². The molecule has 0 aliphatic carbocycles. The van der Waals surface area contributed by atoms with Crippen LogP contribution in [0, 0.1) is 23.0 Å². The molecule has 30 heavy (non-hydrogen) atoms. The first-order valence-electron chi connectivity index (χ1n) is 9.47. The van der Waals surface area contributed by atoms with Crippen LogP contribution in [0.1, 0.15) is 27.7 Å². The molecule has 0 bridgehead atoms. The zero-order chi connectivity index (χ0) is 22.3. The lowest BCUT2D eigenvalue weighted by atomic mass is 9.92. The number of sulfonamides is 1. The van der Waals surface area contributed by atoms with E-state index >= 15 is 0 Å². The molecule has 2 aromatic carbocycles. The highest BCUT2D eigenvalue weighted by molar-refractivity contribution is 7.92. The largest absolute Gasteiger partial charge is 0.490 e. The fourth-order valence-corrected chi connectivity index (χ4v) is 4.29. The molecule has 9 heteroatoms. The SMILES string of the molecule is CC(C)CN1C(=O)C(C)(C)COc2ccc(NS(=O)(=O)c3cc(F)ccc3F)cc21. The lowest BCUT2D eigenvalue weighted by Crippen LogP contribution is -2.43. The second-order valence-corrected chi connectivity index (χ2v) is 10.00. The van der Waals surface area contributed by atoms with Crippen molar-refractivity contribution in [2.45, 2.75) is 32.6 Å². The molecule has 3 rings (SSSR count). The fraction of sp³-hybridized carbons (Fsp3) is 0.381. The molecule has 0 spiro atoms. The number of ether oxygens (including phenoxy) is 1. The summed E-state index contributed by atoms with van der Waals surface area (Å²) in [5, 5.41) is 0. The number of anilines is 2. The van der Waals surface area contributed by atoms with Gasteiger partial charge < -0.3 is 9.64 Å². The maximum Gasteiger partial charge on any atom is 0.264 e. The first kappa shape index (κ1) is 22.0. The summed E-state index contributed by atoms with van der Waals surface area (Å²) in [6, 6.07) is 6.67. The summed E-state index contributed by atoms with van der Waals surface area (Å²) >= 11 is 0. The Balaban J connectivity index is 2.02. The number of fused-ring (bicyclic) bond motifs is 1. The highest BCUT2D eigenvalue weighted by atomic mass is 32.2. The molecule has 0 atom stereocenters. The van der Waals surface area contributed by atoms with E-state index in [1.54, 1.807) is 24.8 Å². The molecule has 0 unspecified atom stereocenters. The molecule has 1 aliphatic rings. The van der Waals surface area contributed by atoms with Crippen LogP contribution in [0.3, 0.4) is 0 Å². The molecule has 2 aromatic rings. The Hall–Kier alpha value is -2.68. The van der Waals surface area contributed by atoms with Crippen LogP contribution in [0.2, 0.25) is 0 Å². The van der Waals surface area contributed by atoms with E-state index in [4.69, 9.17) is 4.74 Å². The molecule has 0 saturated carbocycles. The van der Waals surface area contributed by atoms with Crippen LogP contribution in [0.5, 0.6) is 5.75 Å². The van der Waals surface area contributed by atoms with Gasteiger partial charge in [0.25, 0.3) is 10.0 Å². The lowest BCUT2D eigenvalue weighted by Gasteiger charge is -2.29. The van der Waals surface area contributed by atoms with E-state index in [-0.39, 0.29) is 24.1 Å². The van der Waals surface area contributed by atoms with Gasteiger partial charge in [-0.25, -0.2) is 17.2 Å². The smallest absolute Gasteiger partial charge is 0.264 e. The minimum atomic E-state index is -4.39. The first-order valence-corrected chi connectivity index (χ1v) is 11.0.